The van der Waals surface area contributed by atoms with Crippen LogP contribution in [0.1, 0.15) is 12.5 Å². The summed E-state index contributed by atoms with van der Waals surface area (Å²) in [4.78, 5) is 3.48. The van der Waals surface area contributed by atoms with Crippen LogP contribution in [0.3, 0.4) is 0 Å². The van der Waals surface area contributed by atoms with Crippen LogP contribution in [0.25, 0.3) is 16.3 Å². The van der Waals surface area contributed by atoms with Gasteiger partial charge in [0.05, 0.1) is 17.2 Å². The molecular weight excluding hydrogens is 318 g/mol. The van der Waals surface area contributed by atoms with E-state index in [1.165, 1.54) is 10.4 Å². The van der Waals surface area contributed by atoms with E-state index in [2.05, 4.69) is 47.8 Å². The van der Waals surface area contributed by atoms with Gasteiger partial charge in [0, 0.05) is 31.5 Å². The Kier molecular flexibility index (Phi) is 5.80. The van der Waals surface area contributed by atoms with Crippen LogP contribution in [-0.4, -0.2) is 41.5 Å². The van der Waals surface area contributed by atoms with Crippen molar-refractivity contribution >= 4 is 11.3 Å². The summed E-state index contributed by atoms with van der Waals surface area (Å²) in [6, 6.07) is 14.5. The van der Waals surface area contributed by atoms with Gasteiger partial charge in [-0.1, -0.05) is 24.3 Å². The van der Waals surface area contributed by atoms with Gasteiger partial charge in [-0.15, -0.1) is 11.3 Å². The fourth-order valence-electron chi connectivity index (χ4n) is 2.59. The average Bonchev–Trinajstić information content (AvgIpc) is 3.25. The third-order valence-electron chi connectivity index (χ3n) is 3.83. The Balaban J connectivity index is 1.85. The molecule has 0 amide bonds. The molecule has 0 atom stereocenters. The molecule has 1 aromatic carbocycles. The molecule has 2 heterocycles. The third-order valence-corrected chi connectivity index (χ3v) is 4.70. The highest BCUT2D eigenvalue weighted by atomic mass is 32.1. The lowest BCUT2D eigenvalue weighted by molar-refractivity contribution is 0.120. The summed E-state index contributed by atoms with van der Waals surface area (Å²) in [5.41, 5.74) is 3.39. The summed E-state index contributed by atoms with van der Waals surface area (Å²) in [5.74, 6) is 0. The molecule has 24 heavy (non-hydrogen) atoms. The van der Waals surface area contributed by atoms with Crippen LogP contribution in [0.2, 0.25) is 0 Å². The molecule has 4 nitrogen and oxygen atoms in total. The van der Waals surface area contributed by atoms with E-state index in [9.17, 15) is 0 Å². The lowest BCUT2D eigenvalue weighted by Crippen LogP contribution is -2.22. The predicted octanol–water partition coefficient (Wildman–Crippen LogP) is 4.07. The first-order chi connectivity index (χ1) is 11.8. The van der Waals surface area contributed by atoms with Gasteiger partial charge >= 0.3 is 0 Å². The monoisotopic (exact) mass is 341 g/mol. The molecule has 126 valence electrons. The molecule has 3 aromatic rings. The summed E-state index contributed by atoms with van der Waals surface area (Å²) < 4.78 is 7.43. The Hall–Kier alpha value is -1.95. The van der Waals surface area contributed by atoms with E-state index in [4.69, 9.17) is 9.84 Å². The van der Waals surface area contributed by atoms with Crippen molar-refractivity contribution in [3.8, 4) is 16.3 Å². The quantitative estimate of drug-likeness (QED) is 0.579. The predicted molar refractivity (Wildman–Crippen MR) is 99.7 cm³/mol. The summed E-state index contributed by atoms with van der Waals surface area (Å²) in [6.45, 7) is 5.31. The lowest BCUT2D eigenvalue weighted by Gasteiger charge is -2.16. The molecule has 0 N–H and O–H groups in total. The summed E-state index contributed by atoms with van der Waals surface area (Å²) in [7, 11) is 2.12. The van der Waals surface area contributed by atoms with Crippen molar-refractivity contribution in [3.05, 3.63) is 59.6 Å². The fraction of sp³-hybridized carbons (Fsp3) is 0.316. The van der Waals surface area contributed by atoms with Crippen LogP contribution >= 0.6 is 11.3 Å². The van der Waals surface area contributed by atoms with Gasteiger partial charge in [-0.2, -0.15) is 5.10 Å². The van der Waals surface area contributed by atoms with Crippen molar-refractivity contribution < 1.29 is 4.74 Å². The van der Waals surface area contributed by atoms with Gasteiger partial charge in [0.15, 0.2) is 0 Å². The third kappa shape index (κ3) is 4.12. The molecule has 0 bridgehead atoms. The van der Waals surface area contributed by atoms with Crippen molar-refractivity contribution in [1.82, 2.24) is 14.7 Å². The number of likely N-dealkylation sites (N-methyl/N-ethyl adjacent to an activating group) is 1. The zero-order valence-corrected chi connectivity index (χ0v) is 15.0. The second-order valence-corrected chi connectivity index (χ2v) is 6.64. The van der Waals surface area contributed by atoms with Gasteiger partial charge in [0.2, 0.25) is 0 Å². The van der Waals surface area contributed by atoms with Crippen molar-refractivity contribution in [2.45, 2.75) is 13.5 Å². The van der Waals surface area contributed by atoms with Crippen LogP contribution in [0.4, 0.5) is 0 Å². The number of para-hydroxylation sites is 1. The van der Waals surface area contributed by atoms with Gasteiger partial charge in [0.1, 0.15) is 5.69 Å². The van der Waals surface area contributed by atoms with Crippen LogP contribution in [0, 0.1) is 0 Å². The highest BCUT2D eigenvalue weighted by molar-refractivity contribution is 7.13. The average molecular weight is 341 g/mol. The lowest BCUT2D eigenvalue weighted by atomic mass is 10.2. The van der Waals surface area contributed by atoms with E-state index < -0.39 is 0 Å². The number of ether oxygens (including phenoxy) is 1. The minimum Gasteiger partial charge on any atom is -0.380 e. The van der Waals surface area contributed by atoms with Crippen molar-refractivity contribution in [2.75, 3.05) is 26.8 Å². The van der Waals surface area contributed by atoms with Crippen molar-refractivity contribution in [1.29, 1.82) is 0 Å². The zero-order chi connectivity index (χ0) is 16.8. The van der Waals surface area contributed by atoms with Gasteiger partial charge in [0.25, 0.3) is 0 Å². The molecule has 0 saturated carbocycles. The van der Waals surface area contributed by atoms with Gasteiger partial charge in [-0.05, 0) is 37.6 Å². The van der Waals surface area contributed by atoms with E-state index in [0.717, 1.165) is 37.7 Å². The molecule has 3 rings (SSSR count). The normalized spacial score (nSPS) is 11.3. The van der Waals surface area contributed by atoms with E-state index in [-0.39, 0.29) is 0 Å². The number of hydrogen-bond donors (Lipinski definition) is 0. The molecule has 0 spiro atoms. The second kappa shape index (κ2) is 8.24. The first kappa shape index (κ1) is 16.9. The number of aromatic nitrogens is 2. The van der Waals surface area contributed by atoms with Crippen LogP contribution in [-0.2, 0) is 11.3 Å². The van der Waals surface area contributed by atoms with Gasteiger partial charge in [-0.25, -0.2) is 4.68 Å². The molecular formula is C19H23N3OS. The summed E-state index contributed by atoms with van der Waals surface area (Å²) in [6.07, 6.45) is 2.14. The highest BCUT2D eigenvalue weighted by Gasteiger charge is 2.14. The molecule has 0 aliphatic heterocycles. The maximum atomic E-state index is 5.46. The molecule has 2 aromatic heterocycles. The van der Waals surface area contributed by atoms with E-state index in [0.29, 0.717) is 0 Å². The van der Waals surface area contributed by atoms with Gasteiger partial charge < -0.3 is 4.74 Å². The topological polar surface area (TPSA) is 30.3 Å². The van der Waals surface area contributed by atoms with Crippen molar-refractivity contribution in [3.63, 3.8) is 0 Å². The maximum absolute atomic E-state index is 5.46. The minimum atomic E-state index is 0.758. The first-order valence-electron chi connectivity index (χ1n) is 8.22. The smallest absolute Gasteiger partial charge is 0.107 e. The van der Waals surface area contributed by atoms with E-state index >= 15 is 0 Å². The molecule has 0 radical (unpaired) electrons. The Morgan fingerprint density at radius 1 is 1.17 bits per heavy atom. The summed E-state index contributed by atoms with van der Waals surface area (Å²) in [5, 5.41) is 6.94. The Bertz CT molecular complexity index is 737. The first-order valence-corrected chi connectivity index (χ1v) is 9.10. The number of rotatable bonds is 8. The fourth-order valence-corrected chi connectivity index (χ4v) is 3.34. The van der Waals surface area contributed by atoms with E-state index in [1.807, 2.05) is 29.8 Å². The highest BCUT2D eigenvalue weighted by Crippen LogP contribution is 2.28. The standard InChI is InChI=1S/C19H23N3OS/c1-3-23-12-11-21(2)14-16-15-22(17-8-5-4-6-9-17)20-19(16)18-10-7-13-24-18/h4-10,13,15H,3,11-12,14H2,1-2H3. The Labute approximate surface area is 147 Å². The van der Waals surface area contributed by atoms with Crippen LogP contribution in [0.15, 0.2) is 54.0 Å². The SMILES string of the molecule is CCOCCN(C)Cc1cn(-c2ccccc2)nc1-c1cccs1. The summed E-state index contributed by atoms with van der Waals surface area (Å²) >= 11 is 1.73. The molecule has 0 aliphatic carbocycles. The largest absolute Gasteiger partial charge is 0.380 e. The zero-order valence-electron chi connectivity index (χ0n) is 14.2. The molecule has 0 unspecified atom stereocenters. The van der Waals surface area contributed by atoms with Crippen LogP contribution < -0.4 is 0 Å². The number of thiophene rings is 1. The number of benzene rings is 1. The second-order valence-electron chi connectivity index (χ2n) is 5.70. The van der Waals surface area contributed by atoms with Crippen molar-refractivity contribution in [2.24, 2.45) is 0 Å². The molecule has 0 fully saturated rings. The number of nitrogens with zero attached hydrogens (tertiary/aromatic N) is 3. The Morgan fingerprint density at radius 3 is 2.71 bits per heavy atom. The Morgan fingerprint density at radius 2 is 2.00 bits per heavy atom. The molecule has 0 saturated heterocycles. The van der Waals surface area contributed by atoms with Gasteiger partial charge in [-0.3, -0.25) is 4.90 Å². The molecule has 5 heteroatoms. The van der Waals surface area contributed by atoms with E-state index in [1.54, 1.807) is 11.3 Å². The maximum Gasteiger partial charge on any atom is 0.107 e. The van der Waals surface area contributed by atoms with Crippen LogP contribution in [0.5, 0.6) is 0 Å². The number of hydrogen-bond acceptors (Lipinski definition) is 4. The minimum absolute atomic E-state index is 0.758. The molecule has 0 aliphatic rings.